The van der Waals surface area contributed by atoms with E-state index in [1.54, 1.807) is 12.0 Å². The van der Waals surface area contributed by atoms with Crippen LogP contribution in [0, 0.1) is 17.2 Å². The molecule has 0 spiro atoms. The fraction of sp³-hybridized carbons (Fsp3) is 0.370. The number of nitrogens with one attached hydrogen (secondary N) is 3. The lowest BCUT2D eigenvalue weighted by molar-refractivity contribution is -0.134. The van der Waals surface area contributed by atoms with Gasteiger partial charge in [-0.15, -0.1) is 0 Å². The van der Waals surface area contributed by atoms with E-state index >= 15 is 0 Å². The van der Waals surface area contributed by atoms with Crippen LogP contribution in [-0.4, -0.2) is 53.0 Å². The molecular formula is C27H29N5O4. The first-order valence-corrected chi connectivity index (χ1v) is 12.1. The van der Waals surface area contributed by atoms with E-state index in [1.165, 1.54) is 0 Å². The zero-order valence-corrected chi connectivity index (χ0v) is 20.0. The summed E-state index contributed by atoms with van der Waals surface area (Å²) in [7, 11) is 1.60. The number of hydrogen-bond acceptors (Lipinski definition) is 6. The Kier molecular flexibility index (Phi) is 6.63. The molecule has 2 amide bonds. The van der Waals surface area contributed by atoms with Crippen LogP contribution < -0.4 is 15.4 Å². The van der Waals surface area contributed by atoms with E-state index in [4.69, 9.17) is 4.74 Å². The number of rotatable bonds is 7. The summed E-state index contributed by atoms with van der Waals surface area (Å²) in [5, 5.41) is 27.6. The summed E-state index contributed by atoms with van der Waals surface area (Å²) in [4.78, 5) is 30.7. The first-order chi connectivity index (χ1) is 17.5. The Bertz CT molecular complexity index is 1330. The quantitative estimate of drug-likeness (QED) is 0.405. The number of amides is 2. The van der Waals surface area contributed by atoms with Gasteiger partial charge >= 0.3 is 0 Å². The van der Waals surface area contributed by atoms with E-state index in [-0.39, 0.29) is 24.2 Å². The van der Waals surface area contributed by atoms with E-state index in [0.717, 1.165) is 22.0 Å². The molecular weight excluding hydrogens is 458 g/mol. The molecule has 186 valence electrons. The van der Waals surface area contributed by atoms with Crippen LogP contribution in [0.5, 0.6) is 5.75 Å². The number of hydrogen-bond donors (Lipinski definition) is 4. The third-order valence-electron chi connectivity index (χ3n) is 7.18. The summed E-state index contributed by atoms with van der Waals surface area (Å²) in [5.74, 6) is -0.0662. The first kappa shape index (κ1) is 23.9. The number of methoxy groups -OCH3 is 1. The van der Waals surface area contributed by atoms with Gasteiger partial charge in [0.15, 0.2) is 0 Å². The number of aromatic nitrogens is 1. The van der Waals surface area contributed by atoms with Crippen LogP contribution in [-0.2, 0) is 16.0 Å². The van der Waals surface area contributed by atoms with Crippen LogP contribution in [0.4, 0.5) is 0 Å². The lowest BCUT2D eigenvalue weighted by atomic mass is 9.91. The molecule has 2 aliphatic rings. The SMILES string of the molecule is COc1cccc2[nH]c(C(O)N3CCc4ccccc4C3C(=O)NC(C#N)CC3CCNC3=O)cc12. The average Bonchev–Trinajstić information content (AvgIpc) is 3.52. The zero-order chi connectivity index (χ0) is 25.2. The Morgan fingerprint density at radius 3 is 2.89 bits per heavy atom. The van der Waals surface area contributed by atoms with Gasteiger partial charge in [0, 0.05) is 29.9 Å². The minimum Gasteiger partial charge on any atom is -0.496 e. The standard InChI is InChI=1S/C27H29N5O4/c1-36-23-8-4-7-21-20(23)14-22(31-21)27(35)32-12-10-16-5-2-3-6-19(16)24(32)26(34)30-18(15-28)13-17-9-11-29-25(17)33/h2-8,14,17-18,24,27,31,35H,9-13H2,1H3,(H,29,33)(H,30,34). The van der Waals surface area contributed by atoms with Gasteiger partial charge in [-0.1, -0.05) is 30.3 Å². The van der Waals surface area contributed by atoms with Crippen molar-refractivity contribution in [3.05, 3.63) is 65.4 Å². The Morgan fingerprint density at radius 1 is 1.31 bits per heavy atom. The molecule has 0 bridgehead atoms. The molecule has 0 radical (unpaired) electrons. The number of H-pyrrole nitrogens is 1. The van der Waals surface area contributed by atoms with Gasteiger partial charge in [-0.05, 0) is 48.6 Å². The number of carbonyl (C=O) groups excluding carboxylic acids is 2. The third kappa shape index (κ3) is 4.41. The second-order valence-electron chi connectivity index (χ2n) is 9.31. The molecule has 2 aromatic carbocycles. The highest BCUT2D eigenvalue weighted by Gasteiger charge is 2.39. The van der Waals surface area contributed by atoms with E-state index in [9.17, 15) is 20.0 Å². The molecule has 1 aromatic heterocycles. The molecule has 0 aliphatic carbocycles. The van der Waals surface area contributed by atoms with Gasteiger partial charge < -0.3 is 25.5 Å². The summed E-state index contributed by atoms with van der Waals surface area (Å²) < 4.78 is 5.45. The smallest absolute Gasteiger partial charge is 0.243 e. The molecule has 1 fully saturated rings. The van der Waals surface area contributed by atoms with E-state index in [0.29, 0.717) is 37.4 Å². The molecule has 1 saturated heterocycles. The predicted molar refractivity (Wildman–Crippen MR) is 133 cm³/mol. The zero-order valence-electron chi connectivity index (χ0n) is 20.0. The van der Waals surface area contributed by atoms with Gasteiger partial charge in [0.05, 0.1) is 18.9 Å². The van der Waals surface area contributed by atoms with Crippen LogP contribution >= 0.6 is 0 Å². The number of nitrogens with zero attached hydrogens (tertiary/aromatic N) is 2. The maximum atomic E-state index is 13.7. The van der Waals surface area contributed by atoms with Gasteiger partial charge in [-0.2, -0.15) is 5.26 Å². The second kappa shape index (κ2) is 10.0. The maximum absolute atomic E-state index is 13.7. The number of aliphatic hydroxyl groups is 1. The number of aliphatic hydroxyl groups excluding tert-OH is 1. The topological polar surface area (TPSA) is 130 Å². The van der Waals surface area contributed by atoms with Crippen LogP contribution in [0.25, 0.3) is 10.9 Å². The van der Waals surface area contributed by atoms with E-state index < -0.39 is 18.3 Å². The molecule has 4 unspecified atom stereocenters. The van der Waals surface area contributed by atoms with Gasteiger partial charge in [-0.3, -0.25) is 14.5 Å². The molecule has 4 N–H and O–H groups in total. The van der Waals surface area contributed by atoms with Crippen molar-refractivity contribution in [1.29, 1.82) is 5.26 Å². The highest BCUT2D eigenvalue weighted by Crippen LogP contribution is 2.37. The fourth-order valence-electron chi connectivity index (χ4n) is 5.33. The minimum atomic E-state index is -1.09. The van der Waals surface area contributed by atoms with Crippen LogP contribution in [0.3, 0.4) is 0 Å². The van der Waals surface area contributed by atoms with Crippen molar-refractivity contribution in [3.63, 3.8) is 0 Å². The first-order valence-electron chi connectivity index (χ1n) is 12.1. The third-order valence-corrected chi connectivity index (χ3v) is 7.18. The summed E-state index contributed by atoms with van der Waals surface area (Å²) >= 11 is 0. The lowest BCUT2D eigenvalue weighted by Gasteiger charge is -2.39. The van der Waals surface area contributed by atoms with Gasteiger partial charge in [0.2, 0.25) is 11.8 Å². The highest BCUT2D eigenvalue weighted by atomic mass is 16.5. The van der Waals surface area contributed by atoms with Crippen molar-refractivity contribution in [2.24, 2.45) is 5.92 Å². The summed E-state index contributed by atoms with van der Waals surface area (Å²) in [6.07, 6.45) is 0.484. The average molecular weight is 488 g/mol. The van der Waals surface area contributed by atoms with Crippen LogP contribution in [0.2, 0.25) is 0 Å². The molecule has 9 nitrogen and oxygen atoms in total. The van der Waals surface area contributed by atoms with E-state index in [2.05, 4.69) is 21.7 Å². The number of carbonyl (C=O) groups is 2. The maximum Gasteiger partial charge on any atom is 0.243 e. The normalized spacial score (nSPS) is 21.3. The molecule has 9 heteroatoms. The number of aromatic amines is 1. The number of fused-ring (bicyclic) bond motifs is 2. The fourth-order valence-corrected chi connectivity index (χ4v) is 5.33. The Morgan fingerprint density at radius 2 is 2.14 bits per heavy atom. The molecule has 5 rings (SSSR count). The monoisotopic (exact) mass is 487 g/mol. The largest absolute Gasteiger partial charge is 0.496 e. The van der Waals surface area contributed by atoms with Crippen molar-refractivity contribution >= 4 is 22.7 Å². The summed E-state index contributed by atoms with van der Waals surface area (Å²) in [6.45, 7) is 1.03. The van der Waals surface area contributed by atoms with Gasteiger partial charge in [-0.25, -0.2) is 0 Å². The predicted octanol–water partition coefficient (Wildman–Crippen LogP) is 2.30. The summed E-state index contributed by atoms with van der Waals surface area (Å²) in [5.41, 5.74) is 3.19. The molecule has 0 saturated carbocycles. The molecule has 36 heavy (non-hydrogen) atoms. The van der Waals surface area contributed by atoms with Crippen molar-refractivity contribution < 1.29 is 19.4 Å². The van der Waals surface area contributed by atoms with Crippen molar-refractivity contribution in [2.45, 2.75) is 37.6 Å². The molecule has 3 aromatic rings. The lowest BCUT2D eigenvalue weighted by Crippen LogP contribution is -2.48. The highest BCUT2D eigenvalue weighted by molar-refractivity contribution is 5.87. The molecule has 2 aliphatic heterocycles. The van der Waals surface area contributed by atoms with Crippen LogP contribution in [0.15, 0.2) is 48.5 Å². The Balaban J connectivity index is 1.44. The Hall–Kier alpha value is -3.87. The molecule has 4 atom stereocenters. The van der Waals surface area contributed by atoms with Gasteiger partial charge in [0.1, 0.15) is 24.1 Å². The van der Waals surface area contributed by atoms with E-state index in [1.807, 2.05) is 48.5 Å². The second-order valence-corrected chi connectivity index (χ2v) is 9.31. The van der Waals surface area contributed by atoms with Crippen molar-refractivity contribution in [1.82, 2.24) is 20.5 Å². The van der Waals surface area contributed by atoms with Crippen molar-refractivity contribution in [3.8, 4) is 11.8 Å². The summed E-state index contributed by atoms with van der Waals surface area (Å²) in [6, 6.07) is 15.7. The Labute approximate surface area is 209 Å². The number of ether oxygens (including phenoxy) is 1. The number of nitriles is 1. The van der Waals surface area contributed by atoms with Crippen LogP contribution in [0.1, 0.15) is 41.9 Å². The van der Waals surface area contributed by atoms with Crippen molar-refractivity contribution in [2.75, 3.05) is 20.2 Å². The minimum absolute atomic E-state index is 0.0844. The number of benzene rings is 2. The molecule has 3 heterocycles. The van der Waals surface area contributed by atoms with Gasteiger partial charge in [0.25, 0.3) is 0 Å².